The summed E-state index contributed by atoms with van der Waals surface area (Å²) in [4.78, 5) is 2.31. The number of benzene rings is 1. The molecule has 1 nitrogen and oxygen atoms in total. The minimum Gasteiger partial charge on any atom is -0.304 e. The Labute approximate surface area is 118 Å². The number of hydrogen-bond acceptors (Lipinski definition) is 1. The third kappa shape index (κ3) is 3.54. The average molecular weight is 285 g/mol. The van der Waals surface area contributed by atoms with Crippen molar-refractivity contribution < 1.29 is 13.2 Å². The maximum absolute atomic E-state index is 12.8. The number of nitrogens with zero attached hydrogens (tertiary/aromatic N) is 1. The number of halogens is 3. The van der Waals surface area contributed by atoms with Crippen molar-refractivity contribution in [1.29, 1.82) is 0 Å². The van der Waals surface area contributed by atoms with Gasteiger partial charge in [0.25, 0.3) is 0 Å². The Kier molecular flexibility index (Phi) is 4.74. The van der Waals surface area contributed by atoms with Gasteiger partial charge in [-0.15, -0.1) is 0 Å². The van der Waals surface area contributed by atoms with E-state index in [1.54, 1.807) is 0 Å². The molecule has 1 aliphatic rings. The molecule has 20 heavy (non-hydrogen) atoms. The van der Waals surface area contributed by atoms with E-state index in [2.05, 4.69) is 18.9 Å². The summed E-state index contributed by atoms with van der Waals surface area (Å²) in [7, 11) is 2.10. The highest BCUT2D eigenvalue weighted by atomic mass is 19.4. The van der Waals surface area contributed by atoms with Gasteiger partial charge in [-0.05, 0) is 50.4 Å². The van der Waals surface area contributed by atoms with E-state index < -0.39 is 11.7 Å². The molecule has 2 unspecified atom stereocenters. The highest BCUT2D eigenvalue weighted by molar-refractivity contribution is 5.28. The molecule has 0 N–H and O–H groups in total. The smallest absolute Gasteiger partial charge is 0.304 e. The normalized spacial score (nSPS) is 24.1. The van der Waals surface area contributed by atoms with Crippen molar-refractivity contribution in [2.24, 2.45) is 0 Å². The third-order valence-electron chi connectivity index (χ3n) is 4.45. The van der Waals surface area contributed by atoms with Crippen molar-refractivity contribution in [3.05, 3.63) is 35.4 Å². The molecule has 112 valence electrons. The van der Waals surface area contributed by atoms with Gasteiger partial charge in [-0.25, -0.2) is 0 Å². The lowest BCUT2D eigenvalue weighted by Gasteiger charge is -2.35. The summed E-state index contributed by atoms with van der Waals surface area (Å²) in [5, 5.41) is 0. The van der Waals surface area contributed by atoms with E-state index in [1.165, 1.54) is 12.1 Å². The van der Waals surface area contributed by atoms with Crippen LogP contribution < -0.4 is 0 Å². The molecule has 0 bridgehead atoms. The van der Waals surface area contributed by atoms with E-state index in [4.69, 9.17) is 0 Å². The third-order valence-corrected chi connectivity index (χ3v) is 4.45. The molecule has 0 spiro atoms. The molecule has 0 saturated heterocycles. The zero-order valence-electron chi connectivity index (χ0n) is 12.1. The van der Waals surface area contributed by atoms with Crippen LogP contribution >= 0.6 is 0 Å². The van der Waals surface area contributed by atoms with Crippen LogP contribution in [0.5, 0.6) is 0 Å². The Morgan fingerprint density at radius 2 is 2.00 bits per heavy atom. The lowest BCUT2D eigenvalue weighted by Crippen LogP contribution is -2.35. The molecular weight excluding hydrogens is 263 g/mol. The predicted molar refractivity (Wildman–Crippen MR) is 74.7 cm³/mol. The van der Waals surface area contributed by atoms with Gasteiger partial charge in [-0.1, -0.05) is 31.5 Å². The fourth-order valence-electron chi connectivity index (χ4n) is 3.09. The lowest BCUT2D eigenvalue weighted by atomic mass is 9.80. The van der Waals surface area contributed by atoms with E-state index in [-0.39, 0.29) is 5.92 Å². The Bertz CT molecular complexity index is 442. The highest BCUT2D eigenvalue weighted by Gasteiger charge is 2.32. The second-order valence-corrected chi connectivity index (χ2v) is 5.71. The largest absolute Gasteiger partial charge is 0.416 e. The van der Waals surface area contributed by atoms with Crippen LogP contribution in [0.15, 0.2) is 24.3 Å². The Morgan fingerprint density at radius 3 is 2.65 bits per heavy atom. The van der Waals surface area contributed by atoms with Crippen molar-refractivity contribution in [1.82, 2.24) is 4.90 Å². The number of hydrogen-bond donors (Lipinski definition) is 0. The average Bonchev–Trinajstić information content (AvgIpc) is 2.46. The second-order valence-electron chi connectivity index (χ2n) is 5.71. The monoisotopic (exact) mass is 285 g/mol. The van der Waals surface area contributed by atoms with Gasteiger partial charge in [0.05, 0.1) is 5.56 Å². The van der Waals surface area contributed by atoms with Gasteiger partial charge in [0.2, 0.25) is 0 Å². The van der Waals surface area contributed by atoms with Gasteiger partial charge < -0.3 is 4.90 Å². The Morgan fingerprint density at radius 1 is 1.25 bits per heavy atom. The minimum atomic E-state index is -4.25. The molecule has 0 amide bonds. The summed E-state index contributed by atoms with van der Waals surface area (Å²) in [6.45, 7) is 3.11. The van der Waals surface area contributed by atoms with Crippen molar-refractivity contribution in [3.63, 3.8) is 0 Å². The molecular formula is C16H22F3N. The summed E-state index contributed by atoms with van der Waals surface area (Å²) in [5.74, 6) is 0.255. The molecule has 1 aromatic carbocycles. The van der Waals surface area contributed by atoms with Crippen LogP contribution in [-0.4, -0.2) is 24.5 Å². The minimum absolute atomic E-state index is 0.255. The molecule has 1 fully saturated rings. The fraction of sp³-hybridized carbons (Fsp3) is 0.625. The van der Waals surface area contributed by atoms with Crippen LogP contribution in [-0.2, 0) is 6.18 Å². The topological polar surface area (TPSA) is 3.24 Å². The molecule has 1 saturated carbocycles. The Hall–Kier alpha value is -1.03. The molecule has 0 aliphatic heterocycles. The zero-order chi connectivity index (χ0) is 14.8. The number of rotatable bonds is 3. The summed E-state index contributed by atoms with van der Waals surface area (Å²) in [6.07, 6.45) is -0.0407. The molecule has 2 atom stereocenters. The molecule has 4 heteroatoms. The van der Waals surface area contributed by atoms with Crippen molar-refractivity contribution in [2.75, 3.05) is 13.6 Å². The van der Waals surface area contributed by atoms with Gasteiger partial charge in [0, 0.05) is 6.04 Å². The predicted octanol–water partition coefficient (Wildman–Crippen LogP) is 4.68. The van der Waals surface area contributed by atoms with E-state index in [0.717, 1.165) is 43.9 Å². The first kappa shape index (κ1) is 15.4. The standard InChI is InChI=1S/C16H22F3N/c1-3-20(2)15-9-5-7-13(11-15)12-6-4-8-14(10-12)16(17,18)19/h4,6,8,10,13,15H,3,5,7,9,11H2,1-2H3. The Balaban J connectivity index is 2.15. The first-order valence-corrected chi connectivity index (χ1v) is 7.29. The first-order chi connectivity index (χ1) is 9.41. The second kappa shape index (κ2) is 6.17. The van der Waals surface area contributed by atoms with Crippen LogP contribution in [0.1, 0.15) is 49.7 Å². The van der Waals surface area contributed by atoms with Gasteiger partial charge in [-0.2, -0.15) is 13.2 Å². The van der Waals surface area contributed by atoms with Crippen LogP contribution in [0.25, 0.3) is 0 Å². The maximum atomic E-state index is 12.8. The van der Waals surface area contributed by atoms with Crippen molar-refractivity contribution >= 4 is 0 Å². The molecule has 1 aliphatic carbocycles. The van der Waals surface area contributed by atoms with E-state index in [1.807, 2.05) is 6.07 Å². The summed E-state index contributed by atoms with van der Waals surface area (Å²) >= 11 is 0. The molecule has 1 aromatic rings. The molecule has 0 aromatic heterocycles. The van der Waals surface area contributed by atoms with E-state index >= 15 is 0 Å². The van der Waals surface area contributed by atoms with E-state index in [0.29, 0.717) is 6.04 Å². The van der Waals surface area contributed by atoms with Crippen LogP contribution in [0, 0.1) is 0 Å². The maximum Gasteiger partial charge on any atom is 0.416 e. The molecule has 0 heterocycles. The van der Waals surface area contributed by atoms with Crippen LogP contribution in [0.3, 0.4) is 0 Å². The van der Waals surface area contributed by atoms with Crippen LogP contribution in [0.2, 0.25) is 0 Å². The SMILES string of the molecule is CCN(C)C1CCCC(c2cccc(C(F)(F)F)c2)C1. The van der Waals surface area contributed by atoms with Gasteiger partial charge >= 0.3 is 6.18 Å². The summed E-state index contributed by atoms with van der Waals surface area (Å²) in [5.41, 5.74) is 0.315. The number of alkyl halides is 3. The van der Waals surface area contributed by atoms with Crippen LogP contribution in [0.4, 0.5) is 13.2 Å². The van der Waals surface area contributed by atoms with Gasteiger partial charge in [0.1, 0.15) is 0 Å². The van der Waals surface area contributed by atoms with Crippen molar-refractivity contribution in [3.8, 4) is 0 Å². The first-order valence-electron chi connectivity index (χ1n) is 7.29. The van der Waals surface area contributed by atoms with Gasteiger partial charge in [-0.3, -0.25) is 0 Å². The summed E-state index contributed by atoms with van der Waals surface area (Å²) < 4.78 is 38.4. The van der Waals surface area contributed by atoms with Gasteiger partial charge in [0.15, 0.2) is 0 Å². The summed E-state index contributed by atoms with van der Waals surface area (Å²) in [6, 6.07) is 6.36. The fourth-order valence-corrected chi connectivity index (χ4v) is 3.09. The quantitative estimate of drug-likeness (QED) is 0.779. The zero-order valence-corrected chi connectivity index (χ0v) is 12.1. The van der Waals surface area contributed by atoms with Crippen molar-refractivity contribution in [2.45, 2.75) is 50.7 Å². The highest BCUT2D eigenvalue weighted by Crippen LogP contribution is 2.37. The van der Waals surface area contributed by atoms with E-state index in [9.17, 15) is 13.2 Å². The lowest BCUT2D eigenvalue weighted by molar-refractivity contribution is -0.137. The molecule has 2 rings (SSSR count). The molecule has 0 radical (unpaired) electrons.